The molecule has 0 saturated heterocycles. The van der Waals surface area contributed by atoms with E-state index >= 15 is 0 Å². The molecule has 16 heavy (non-hydrogen) atoms. The molecule has 0 aliphatic carbocycles. The summed E-state index contributed by atoms with van der Waals surface area (Å²) in [7, 11) is 1.84. The number of carboxylic acid groups (broad SMARTS) is 1. The van der Waals surface area contributed by atoms with Crippen LogP contribution in [-0.2, 0) is 7.05 Å². The van der Waals surface area contributed by atoms with E-state index in [0.717, 1.165) is 5.82 Å². The topological polar surface area (TPSA) is 72.4 Å². The molecule has 0 radical (unpaired) electrons. The van der Waals surface area contributed by atoms with Crippen molar-refractivity contribution < 1.29 is 9.90 Å². The summed E-state index contributed by atoms with van der Waals surface area (Å²) < 4.78 is 3.41. The number of fused-ring (bicyclic) bond motifs is 1. The fraction of sp³-hybridized carbons (Fsp3) is 0.500. The summed E-state index contributed by atoms with van der Waals surface area (Å²) in [5.41, 5.74) is 0.624. The Kier molecular flexibility index (Phi) is 2.22. The Morgan fingerprint density at radius 1 is 1.44 bits per heavy atom. The van der Waals surface area contributed by atoms with Gasteiger partial charge in [-0.1, -0.05) is 13.8 Å². The molecule has 2 heterocycles. The lowest BCUT2D eigenvalue weighted by Crippen LogP contribution is -2.04. The first-order valence-corrected chi connectivity index (χ1v) is 5.08. The number of hydrogen-bond donors (Lipinski definition) is 1. The Hall–Kier alpha value is -1.85. The van der Waals surface area contributed by atoms with Crippen LogP contribution < -0.4 is 0 Å². The highest BCUT2D eigenvalue weighted by molar-refractivity contribution is 5.87. The second kappa shape index (κ2) is 3.33. The lowest BCUT2D eigenvalue weighted by molar-refractivity contribution is 0.0690. The van der Waals surface area contributed by atoms with Crippen LogP contribution in [0.15, 0.2) is 0 Å². The summed E-state index contributed by atoms with van der Waals surface area (Å²) in [6.45, 7) is 5.78. The third-order valence-corrected chi connectivity index (χ3v) is 2.63. The lowest BCUT2D eigenvalue weighted by Gasteiger charge is -2.02. The standard InChI is InChI=1S/C10H14N4O2/c1-5(2)8-12-14-6(3)7(9(15)16)11-10(14)13(8)4/h5H,1-4H3,(H,15,16). The number of hydrogen-bond acceptors (Lipinski definition) is 3. The first kappa shape index (κ1) is 10.7. The zero-order chi connectivity index (χ0) is 12.0. The number of carbonyl (C=O) groups is 1. The van der Waals surface area contributed by atoms with Crippen molar-refractivity contribution in [1.29, 1.82) is 0 Å². The molecule has 0 atom stereocenters. The number of aromatic nitrogens is 4. The third kappa shape index (κ3) is 1.30. The first-order valence-electron chi connectivity index (χ1n) is 5.08. The summed E-state index contributed by atoms with van der Waals surface area (Å²) in [6, 6.07) is 0. The fourth-order valence-electron chi connectivity index (χ4n) is 1.79. The number of aromatic carboxylic acids is 1. The molecular weight excluding hydrogens is 208 g/mol. The maximum absolute atomic E-state index is 10.9. The molecule has 0 aliphatic rings. The van der Waals surface area contributed by atoms with Gasteiger partial charge in [0, 0.05) is 13.0 Å². The second-order valence-electron chi connectivity index (χ2n) is 4.13. The number of carboxylic acids is 1. The minimum Gasteiger partial charge on any atom is -0.476 e. The van der Waals surface area contributed by atoms with Crippen LogP contribution in [-0.4, -0.2) is 30.2 Å². The van der Waals surface area contributed by atoms with Crippen LogP contribution in [0.2, 0.25) is 0 Å². The van der Waals surface area contributed by atoms with E-state index in [1.807, 2.05) is 25.5 Å². The van der Waals surface area contributed by atoms with Gasteiger partial charge in [-0.2, -0.15) is 5.10 Å². The van der Waals surface area contributed by atoms with E-state index in [9.17, 15) is 4.79 Å². The Morgan fingerprint density at radius 2 is 2.06 bits per heavy atom. The van der Waals surface area contributed by atoms with Gasteiger partial charge in [-0.3, -0.25) is 4.57 Å². The number of nitrogens with zero attached hydrogens (tertiary/aromatic N) is 4. The van der Waals surface area contributed by atoms with Crippen molar-refractivity contribution in [2.75, 3.05) is 0 Å². The average Bonchev–Trinajstić information content (AvgIpc) is 2.66. The quantitative estimate of drug-likeness (QED) is 0.828. The third-order valence-electron chi connectivity index (χ3n) is 2.63. The van der Waals surface area contributed by atoms with Gasteiger partial charge >= 0.3 is 5.97 Å². The van der Waals surface area contributed by atoms with Crippen LogP contribution in [0.25, 0.3) is 5.78 Å². The molecule has 0 amide bonds. The molecule has 86 valence electrons. The predicted octanol–water partition coefficient (Wildman–Crippen LogP) is 1.20. The molecule has 0 saturated carbocycles. The largest absolute Gasteiger partial charge is 0.476 e. The second-order valence-corrected chi connectivity index (χ2v) is 4.13. The monoisotopic (exact) mass is 222 g/mol. The first-order chi connectivity index (χ1) is 7.43. The SMILES string of the molecule is Cc1c(C(=O)O)nc2n(C)c(C(C)C)nn12. The van der Waals surface area contributed by atoms with Gasteiger partial charge in [0.1, 0.15) is 5.82 Å². The molecule has 0 unspecified atom stereocenters. The van der Waals surface area contributed by atoms with E-state index in [-0.39, 0.29) is 11.6 Å². The molecule has 2 rings (SSSR count). The molecule has 0 aromatic carbocycles. The molecule has 0 aliphatic heterocycles. The van der Waals surface area contributed by atoms with E-state index in [4.69, 9.17) is 5.11 Å². The van der Waals surface area contributed by atoms with E-state index in [0.29, 0.717) is 11.5 Å². The van der Waals surface area contributed by atoms with Crippen molar-refractivity contribution in [2.45, 2.75) is 26.7 Å². The van der Waals surface area contributed by atoms with E-state index in [2.05, 4.69) is 10.1 Å². The minimum absolute atomic E-state index is 0.0633. The number of aryl methyl sites for hydroxylation is 2. The Balaban J connectivity index is 2.74. The molecular formula is C10H14N4O2. The van der Waals surface area contributed by atoms with Gasteiger partial charge in [-0.15, -0.1) is 0 Å². The summed E-state index contributed by atoms with van der Waals surface area (Å²) in [4.78, 5) is 15.0. The fourth-order valence-corrected chi connectivity index (χ4v) is 1.79. The molecule has 2 aromatic rings. The molecule has 0 bridgehead atoms. The van der Waals surface area contributed by atoms with Gasteiger partial charge in [0.05, 0.1) is 5.69 Å². The van der Waals surface area contributed by atoms with Crippen LogP contribution in [0.3, 0.4) is 0 Å². The highest BCUT2D eigenvalue weighted by Gasteiger charge is 2.20. The van der Waals surface area contributed by atoms with Crippen LogP contribution in [0.1, 0.15) is 41.8 Å². The Morgan fingerprint density at radius 3 is 2.50 bits per heavy atom. The average molecular weight is 222 g/mol. The highest BCUT2D eigenvalue weighted by atomic mass is 16.4. The van der Waals surface area contributed by atoms with Crippen molar-refractivity contribution in [2.24, 2.45) is 7.05 Å². The summed E-state index contributed by atoms with van der Waals surface area (Å²) in [6.07, 6.45) is 0. The Labute approximate surface area is 92.5 Å². The molecule has 1 N–H and O–H groups in total. The lowest BCUT2D eigenvalue weighted by atomic mass is 10.2. The van der Waals surface area contributed by atoms with Gasteiger partial charge in [0.15, 0.2) is 5.69 Å². The van der Waals surface area contributed by atoms with Gasteiger partial charge in [-0.05, 0) is 6.92 Å². The summed E-state index contributed by atoms with van der Waals surface area (Å²) >= 11 is 0. The van der Waals surface area contributed by atoms with E-state index in [1.165, 1.54) is 0 Å². The zero-order valence-corrected chi connectivity index (χ0v) is 9.72. The van der Waals surface area contributed by atoms with Crippen LogP contribution in [0, 0.1) is 6.92 Å². The van der Waals surface area contributed by atoms with Crippen molar-refractivity contribution in [1.82, 2.24) is 19.2 Å². The van der Waals surface area contributed by atoms with E-state index in [1.54, 1.807) is 11.4 Å². The van der Waals surface area contributed by atoms with Gasteiger partial charge in [-0.25, -0.2) is 14.3 Å². The van der Waals surface area contributed by atoms with Crippen molar-refractivity contribution >= 4 is 11.7 Å². The van der Waals surface area contributed by atoms with E-state index < -0.39 is 5.97 Å². The zero-order valence-electron chi connectivity index (χ0n) is 9.72. The van der Waals surface area contributed by atoms with Crippen LogP contribution in [0.5, 0.6) is 0 Å². The highest BCUT2D eigenvalue weighted by Crippen LogP contribution is 2.17. The van der Waals surface area contributed by atoms with Gasteiger partial charge < -0.3 is 5.11 Å². The van der Waals surface area contributed by atoms with Crippen molar-refractivity contribution in [3.63, 3.8) is 0 Å². The summed E-state index contributed by atoms with van der Waals surface area (Å²) in [5, 5.41) is 13.3. The predicted molar refractivity (Wildman–Crippen MR) is 57.7 cm³/mol. The van der Waals surface area contributed by atoms with Gasteiger partial charge in [0.2, 0.25) is 5.78 Å². The molecule has 6 heteroatoms. The molecule has 0 fully saturated rings. The Bertz CT molecular complexity index is 565. The van der Waals surface area contributed by atoms with Crippen molar-refractivity contribution in [3.05, 3.63) is 17.2 Å². The van der Waals surface area contributed by atoms with Gasteiger partial charge in [0.25, 0.3) is 0 Å². The molecule has 0 spiro atoms. The maximum Gasteiger partial charge on any atom is 0.356 e. The smallest absolute Gasteiger partial charge is 0.356 e. The minimum atomic E-state index is -1.02. The molecule has 2 aromatic heterocycles. The summed E-state index contributed by atoms with van der Waals surface area (Å²) in [5.74, 6) is 0.717. The normalized spacial score (nSPS) is 11.6. The number of imidazole rings is 1. The van der Waals surface area contributed by atoms with Crippen molar-refractivity contribution in [3.8, 4) is 0 Å². The number of rotatable bonds is 2. The van der Waals surface area contributed by atoms with Crippen LogP contribution in [0.4, 0.5) is 0 Å². The molecule has 6 nitrogen and oxygen atoms in total. The maximum atomic E-state index is 10.9. The van der Waals surface area contributed by atoms with Crippen LogP contribution >= 0.6 is 0 Å².